The number of carbonyl (C=O) groups is 1. The maximum absolute atomic E-state index is 12.3. The zero-order chi connectivity index (χ0) is 17.9. The molecule has 6 heteroatoms. The first-order valence-corrected chi connectivity index (χ1v) is 8.30. The molecule has 26 heavy (non-hydrogen) atoms. The van der Waals surface area contributed by atoms with Gasteiger partial charge in [0.2, 0.25) is 11.3 Å². The zero-order valence-corrected chi connectivity index (χ0v) is 13.9. The summed E-state index contributed by atoms with van der Waals surface area (Å²) in [5.74, 6) is -0.133. The summed E-state index contributed by atoms with van der Waals surface area (Å²) < 4.78 is 1.68. The Labute approximate surface area is 149 Å². The molecule has 0 atom stereocenters. The average Bonchev–Trinajstić information content (AvgIpc) is 2.68. The Balaban J connectivity index is 1.48. The highest BCUT2D eigenvalue weighted by molar-refractivity contribution is 5.93. The number of hydrogen-bond acceptors (Lipinski definition) is 4. The number of amides is 1. The molecule has 0 spiro atoms. The topological polar surface area (TPSA) is 76.9 Å². The van der Waals surface area contributed by atoms with E-state index < -0.39 is 0 Å². The third kappa shape index (κ3) is 3.17. The summed E-state index contributed by atoms with van der Waals surface area (Å²) in [5.41, 5.74) is 2.14. The van der Waals surface area contributed by atoms with Gasteiger partial charge < -0.3 is 5.32 Å². The van der Waals surface area contributed by atoms with Gasteiger partial charge in [-0.1, -0.05) is 30.3 Å². The minimum atomic E-state index is -0.133. The number of hydrogen-bond donors (Lipinski definition) is 1. The first-order valence-electron chi connectivity index (χ1n) is 8.30. The van der Waals surface area contributed by atoms with E-state index in [1.807, 2.05) is 48.5 Å². The van der Waals surface area contributed by atoms with Crippen LogP contribution in [0.25, 0.3) is 21.8 Å². The van der Waals surface area contributed by atoms with Crippen molar-refractivity contribution < 1.29 is 4.79 Å². The molecule has 2 aromatic heterocycles. The second kappa shape index (κ2) is 6.76. The van der Waals surface area contributed by atoms with E-state index >= 15 is 0 Å². The Morgan fingerprint density at radius 2 is 1.85 bits per heavy atom. The molecule has 2 aromatic carbocycles. The van der Waals surface area contributed by atoms with Crippen LogP contribution in [0.2, 0.25) is 0 Å². The molecule has 1 amide bonds. The van der Waals surface area contributed by atoms with Gasteiger partial charge in [0.25, 0.3) is 0 Å². The Morgan fingerprint density at radius 3 is 2.77 bits per heavy atom. The van der Waals surface area contributed by atoms with Gasteiger partial charge in [0.15, 0.2) is 0 Å². The fraction of sp³-hybridized carbons (Fsp3) is 0.100. The summed E-state index contributed by atoms with van der Waals surface area (Å²) in [7, 11) is 0. The van der Waals surface area contributed by atoms with E-state index in [0.29, 0.717) is 17.6 Å². The third-order valence-electron chi connectivity index (χ3n) is 4.19. The van der Waals surface area contributed by atoms with Gasteiger partial charge in [0.05, 0.1) is 35.7 Å². The van der Waals surface area contributed by atoms with Gasteiger partial charge in [0, 0.05) is 17.2 Å². The van der Waals surface area contributed by atoms with Crippen LogP contribution in [0, 0.1) is 0 Å². The number of carbonyl (C=O) groups excluding carboxylic acids is 1. The van der Waals surface area contributed by atoms with E-state index in [2.05, 4.69) is 15.4 Å². The van der Waals surface area contributed by atoms with Crippen LogP contribution in [0.3, 0.4) is 0 Å². The molecule has 0 bridgehead atoms. The number of nitrogens with zero attached hydrogens (tertiary/aromatic N) is 3. The number of fused-ring (bicyclic) bond motifs is 2. The van der Waals surface area contributed by atoms with E-state index in [9.17, 15) is 9.59 Å². The molecule has 1 N–H and O–H groups in total. The van der Waals surface area contributed by atoms with Gasteiger partial charge >= 0.3 is 0 Å². The van der Waals surface area contributed by atoms with Crippen molar-refractivity contribution in [2.75, 3.05) is 5.32 Å². The van der Waals surface area contributed by atoms with Crippen molar-refractivity contribution in [2.45, 2.75) is 13.0 Å². The minimum absolute atomic E-state index is 0.122. The summed E-state index contributed by atoms with van der Waals surface area (Å²) >= 11 is 0. The van der Waals surface area contributed by atoms with Gasteiger partial charge in [-0.25, -0.2) is 0 Å². The number of aryl methyl sites for hydroxylation is 1. The Hall–Kier alpha value is -3.54. The fourth-order valence-corrected chi connectivity index (χ4v) is 2.91. The SMILES string of the molecule is O=C(CCn1ncc(=O)c2ccccc21)Nc1cnc2ccccc2c1. The lowest BCUT2D eigenvalue weighted by molar-refractivity contribution is -0.116. The summed E-state index contributed by atoms with van der Waals surface area (Å²) in [6, 6.07) is 16.9. The molecule has 0 radical (unpaired) electrons. The van der Waals surface area contributed by atoms with Crippen LogP contribution in [0.5, 0.6) is 0 Å². The zero-order valence-electron chi connectivity index (χ0n) is 13.9. The molecule has 4 rings (SSSR count). The van der Waals surface area contributed by atoms with Crippen LogP contribution in [0.1, 0.15) is 6.42 Å². The van der Waals surface area contributed by atoms with Crippen molar-refractivity contribution in [3.05, 3.63) is 77.2 Å². The Kier molecular flexibility index (Phi) is 4.15. The highest BCUT2D eigenvalue weighted by atomic mass is 16.1. The number of aromatic nitrogens is 3. The van der Waals surface area contributed by atoms with Crippen molar-refractivity contribution in [1.82, 2.24) is 14.8 Å². The van der Waals surface area contributed by atoms with E-state index in [1.165, 1.54) is 6.20 Å². The van der Waals surface area contributed by atoms with Crippen LogP contribution in [0.15, 0.2) is 71.8 Å². The summed E-state index contributed by atoms with van der Waals surface area (Å²) in [6.07, 6.45) is 3.17. The predicted molar refractivity (Wildman–Crippen MR) is 101 cm³/mol. The molecule has 0 aliphatic carbocycles. The minimum Gasteiger partial charge on any atom is -0.325 e. The lowest BCUT2D eigenvalue weighted by Crippen LogP contribution is -2.18. The first kappa shape index (κ1) is 16.0. The number of rotatable bonds is 4. The first-order chi connectivity index (χ1) is 12.7. The van der Waals surface area contributed by atoms with Gasteiger partial charge in [-0.05, 0) is 24.3 Å². The van der Waals surface area contributed by atoms with Crippen molar-refractivity contribution in [3.63, 3.8) is 0 Å². The molecule has 0 aliphatic heterocycles. The largest absolute Gasteiger partial charge is 0.325 e. The van der Waals surface area contributed by atoms with E-state index in [0.717, 1.165) is 16.4 Å². The molecule has 2 heterocycles. The van der Waals surface area contributed by atoms with Gasteiger partial charge in [-0.2, -0.15) is 5.10 Å². The predicted octanol–water partition coefficient (Wildman–Crippen LogP) is 2.97. The highest BCUT2D eigenvalue weighted by Crippen LogP contribution is 2.16. The maximum Gasteiger partial charge on any atom is 0.226 e. The molecular weight excluding hydrogens is 328 g/mol. The number of nitrogens with one attached hydrogen (secondary N) is 1. The van der Waals surface area contributed by atoms with Crippen LogP contribution < -0.4 is 10.7 Å². The van der Waals surface area contributed by atoms with E-state index in [4.69, 9.17) is 0 Å². The standard InChI is InChI=1S/C20H16N4O2/c25-19-13-22-24(18-8-4-2-6-16(18)19)10-9-20(26)23-15-11-14-5-1-3-7-17(14)21-12-15/h1-8,11-13H,9-10H2,(H,23,26). The summed E-state index contributed by atoms with van der Waals surface area (Å²) in [5, 5.41) is 8.57. The molecular formula is C20H16N4O2. The Morgan fingerprint density at radius 1 is 1.04 bits per heavy atom. The molecule has 6 nitrogen and oxygen atoms in total. The molecule has 4 aromatic rings. The molecule has 0 fully saturated rings. The second-order valence-corrected chi connectivity index (χ2v) is 5.96. The highest BCUT2D eigenvalue weighted by Gasteiger charge is 2.07. The Bertz CT molecular complexity index is 1170. The van der Waals surface area contributed by atoms with Gasteiger partial charge in [-0.3, -0.25) is 19.3 Å². The molecule has 128 valence electrons. The second-order valence-electron chi connectivity index (χ2n) is 5.96. The van der Waals surface area contributed by atoms with Crippen molar-refractivity contribution in [1.29, 1.82) is 0 Å². The van der Waals surface area contributed by atoms with Crippen molar-refractivity contribution >= 4 is 33.4 Å². The van der Waals surface area contributed by atoms with Crippen molar-refractivity contribution in [3.8, 4) is 0 Å². The van der Waals surface area contributed by atoms with Crippen LogP contribution in [0.4, 0.5) is 5.69 Å². The molecule has 0 aliphatic rings. The lowest BCUT2D eigenvalue weighted by atomic mass is 10.2. The lowest BCUT2D eigenvalue weighted by Gasteiger charge is -2.10. The third-order valence-corrected chi connectivity index (χ3v) is 4.19. The van der Waals surface area contributed by atoms with E-state index in [-0.39, 0.29) is 17.8 Å². The molecule has 0 saturated carbocycles. The van der Waals surface area contributed by atoms with Crippen LogP contribution in [-0.4, -0.2) is 20.7 Å². The smallest absolute Gasteiger partial charge is 0.226 e. The van der Waals surface area contributed by atoms with Gasteiger partial charge in [-0.15, -0.1) is 0 Å². The number of anilines is 1. The quantitative estimate of drug-likeness (QED) is 0.617. The summed E-state index contributed by atoms with van der Waals surface area (Å²) in [4.78, 5) is 28.5. The number of para-hydroxylation sites is 2. The molecule has 0 unspecified atom stereocenters. The maximum atomic E-state index is 12.3. The monoisotopic (exact) mass is 344 g/mol. The van der Waals surface area contributed by atoms with Crippen LogP contribution >= 0.6 is 0 Å². The molecule has 0 saturated heterocycles. The normalized spacial score (nSPS) is 10.9. The van der Waals surface area contributed by atoms with Crippen LogP contribution in [-0.2, 0) is 11.3 Å². The average molecular weight is 344 g/mol. The summed E-state index contributed by atoms with van der Waals surface area (Å²) in [6.45, 7) is 0.383. The number of benzene rings is 2. The van der Waals surface area contributed by atoms with Gasteiger partial charge in [0.1, 0.15) is 0 Å². The fourth-order valence-electron chi connectivity index (χ4n) is 2.91. The van der Waals surface area contributed by atoms with E-state index in [1.54, 1.807) is 16.9 Å². The number of pyridine rings is 1. The van der Waals surface area contributed by atoms with Crippen molar-refractivity contribution in [2.24, 2.45) is 0 Å².